The second-order valence-corrected chi connectivity index (χ2v) is 7.12. The number of carbonyl (C=O) groups excluding carboxylic acids is 1. The summed E-state index contributed by atoms with van der Waals surface area (Å²) in [6.07, 6.45) is 14.5. The molecular weight excluding hydrogens is 260 g/mol. The monoisotopic (exact) mass is 290 g/mol. The average molecular weight is 290 g/mol. The van der Waals surface area contributed by atoms with Crippen LogP contribution in [0.5, 0.6) is 0 Å². The molecule has 0 aromatic carbocycles. The number of amides is 1. The number of allylic oxidation sites excluding steroid dienone is 2. The summed E-state index contributed by atoms with van der Waals surface area (Å²) in [5.41, 5.74) is 0. The van der Waals surface area contributed by atoms with Crippen LogP contribution in [-0.4, -0.2) is 48.4 Å². The minimum absolute atomic E-state index is 0.395. The summed E-state index contributed by atoms with van der Waals surface area (Å²) in [5.74, 6) is 1.87. The molecule has 3 heteroatoms. The Bertz CT molecular complexity index is 355. The van der Waals surface area contributed by atoms with Crippen LogP contribution in [0.25, 0.3) is 0 Å². The lowest BCUT2D eigenvalue weighted by Gasteiger charge is -2.25. The molecule has 0 aromatic heterocycles. The van der Waals surface area contributed by atoms with Gasteiger partial charge < -0.3 is 9.80 Å². The molecular formula is C18H30N2O. The van der Waals surface area contributed by atoms with Crippen LogP contribution in [0.1, 0.15) is 51.4 Å². The van der Waals surface area contributed by atoms with Gasteiger partial charge in [0.15, 0.2) is 0 Å². The quantitative estimate of drug-likeness (QED) is 0.746. The predicted octanol–water partition coefficient (Wildman–Crippen LogP) is 3.07. The summed E-state index contributed by atoms with van der Waals surface area (Å²) in [4.78, 5) is 17.1. The standard InChI is InChI=1S/C18H30N2O/c21-18(10-13-19-11-6-2-1-3-7-12-19)20-14-16-8-4-5-9-17(16)15-20/h4-5,16-17H,1-3,6-15H2/t16-,17+. The summed E-state index contributed by atoms with van der Waals surface area (Å²) >= 11 is 0. The van der Waals surface area contributed by atoms with Gasteiger partial charge in [-0.25, -0.2) is 0 Å². The fourth-order valence-corrected chi connectivity index (χ4v) is 4.17. The Morgan fingerprint density at radius 1 is 0.905 bits per heavy atom. The molecule has 0 radical (unpaired) electrons. The molecule has 2 atom stereocenters. The zero-order chi connectivity index (χ0) is 14.5. The van der Waals surface area contributed by atoms with Crippen LogP contribution < -0.4 is 0 Å². The molecule has 0 N–H and O–H groups in total. The molecule has 3 rings (SSSR count). The number of fused-ring (bicyclic) bond motifs is 1. The van der Waals surface area contributed by atoms with Crippen molar-refractivity contribution >= 4 is 5.91 Å². The van der Waals surface area contributed by atoms with Crippen molar-refractivity contribution in [1.29, 1.82) is 0 Å². The highest BCUT2D eigenvalue weighted by Crippen LogP contribution is 2.32. The highest BCUT2D eigenvalue weighted by Gasteiger charge is 2.34. The number of carbonyl (C=O) groups is 1. The molecule has 0 aromatic rings. The Morgan fingerprint density at radius 2 is 1.48 bits per heavy atom. The van der Waals surface area contributed by atoms with E-state index in [1.807, 2.05) is 0 Å². The SMILES string of the molecule is O=C(CCN1CCCCCCC1)N1C[C@H]2CC=CC[C@H]2C1. The van der Waals surface area contributed by atoms with E-state index >= 15 is 0 Å². The number of nitrogens with zero attached hydrogens (tertiary/aromatic N) is 2. The Morgan fingerprint density at radius 3 is 2.10 bits per heavy atom. The van der Waals surface area contributed by atoms with E-state index in [1.54, 1.807) is 0 Å². The molecule has 1 amide bonds. The van der Waals surface area contributed by atoms with Gasteiger partial charge >= 0.3 is 0 Å². The molecule has 0 bridgehead atoms. The number of rotatable bonds is 3. The first-order valence-electron chi connectivity index (χ1n) is 8.98. The van der Waals surface area contributed by atoms with E-state index in [-0.39, 0.29) is 0 Å². The van der Waals surface area contributed by atoms with Crippen LogP contribution in [-0.2, 0) is 4.79 Å². The molecule has 1 aliphatic carbocycles. The maximum atomic E-state index is 12.5. The van der Waals surface area contributed by atoms with Crippen LogP contribution >= 0.6 is 0 Å². The van der Waals surface area contributed by atoms with Crippen LogP contribution in [0.3, 0.4) is 0 Å². The minimum Gasteiger partial charge on any atom is -0.342 e. The van der Waals surface area contributed by atoms with Crippen molar-refractivity contribution in [2.24, 2.45) is 11.8 Å². The summed E-state index contributed by atoms with van der Waals surface area (Å²) in [6.45, 7) is 5.38. The molecule has 2 heterocycles. The maximum absolute atomic E-state index is 12.5. The molecule has 0 unspecified atom stereocenters. The van der Waals surface area contributed by atoms with Gasteiger partial charge in [-0.3, -0.25) is 4.79 Å². The Balaban J connectivity index is 1.42. The number of likely N-dealkylation sites (tertiary alicyclic amines) is 2. The number of hydrogen-bond donors (Lipinski definition) is 0. The minimum atomic E-state index is 0.395. The van der Waals surface area contributed by atoms with E-state index in [4.69, 9.17) is 0 Å². The van der Waals surface area contributed by atoms with Gasteiger partial charge in [0.05, 0.1) is 0 Å². The van der Waals surface area contributed by atoms with E-state index in [0.717, 1.165) is 37.9 Å². The molecule has 3 aliphatic rings. The summed E-state index contributed by atoms with van der Waals surface area (Å²) in [7, 11) is 0. The van der Waals surface area contributed by atoms with Gasteiger partial charge in [-0.05, 0) is 50.6 Å². The third kappa shape index (κ3) is 4.09. The lowest BCUT2D eigenvalue weighted by atomic mass is 9.86. The van der Waals surface area contributed by atoms with E-state index in [9.17, 15) is 4.79 Å². The van der Waals surface area contributed by atoms with Gasteiger partial charge in [-0.1, -0.05) is 31.4 Å². The molecule has 2 fully saturated rings. The molecule has 0 saturated carbocycles. The second-order valence-electron chi connectivity index (χ2n) is 7.12. The second kappa shape index (κ2) is 7.44. The van der Waals surface area contributed by atoms with Crippen LogP contribution in [0.4, 0.5) is 0 Å². The van der Waals surface area contributed by atoms with Crippen LogP contribution in [0, 0.1) is 11.8 Å². The zero-order valence-electron chi connectivity index (χ0n) is 13.3. The van der Waals surface area contributed by atoms with Crippen molar-refractivity contribution in [1.82, 2.24) is 9.80 Å². The lowest BCUT2D eigenvalue weighted by Crippen LogP contribution is -2.34. The van der Waals surface area contributed by atoms with E-state index in [1.165, 1.54) is 58.0 Å². The largest absolute Gasteiger partial charge is 0.342 e. The van der Waals surface area contributed by atoms with Crippen molar-refractivity contribution < 1.29 is 4.79 Å². The third-order valence-electron chi connectivity index (χ3n) is 5.56. The molecule has 3 nitrogen and oxygen atoms in total. The first-order chi connectivity index (χ1) is 10.3. The molecule has 118 valence electrons. The van der Waals surface area contributed by atoms with E-state index < -0.39 is 0 Å². The summed E-state index contributed by atoms with van der Waals surface area (Å²) < 4.78 is 0. The van der Waals surface area contributed by atoms with Crippen LogP contribution in [0.2, 0.25) is 0 Å². The van der Waals surface area contributed by atoms with Crippen molar-refractivity contribution in [2.75, 3.05) is 32.7 Å². The Kier molecular flexibility index (Phi) is 5.34. The van der Waals surface area contributed by atoms with E-state index in [2.05, 4.69) is 22.0 Å². The normalized spacial score (nSPS) is 30.8. The highest BCUT2D eigenvalue weighted by atomic mass is 16.2. The molecule has 2 saturated heterocycles. The van der Waals surface area contributed by atoms with Crippen molar-refractivity contribution in [2.45, 2.75) is 51.4 Å². The van der Waals surface area contributed by atoms with Gasteiger partial charge in [0.1, 0.15) is 0 Å². The first kappa shape index (κ1) is 15.1. The van der Waals surface area contributed by atoms with E-state index in [0.29, 0.717) is 5.91 Å². The average Bonchev–Trinajstić information content (AvgIpc) is 2.90. The van der Waals surface area contributed by atoms with Gasteiger partial charge in [-0.15, -0.1) is 0 Å². The fraction of sp³-hybridized carbons (Fsp3) is 0.833. The zero-order valence-corrected chi connectivity index (χ0v) is 13.3. The Labute approximate surface area is 129 Å². The first-order valence-corrected chi connectivity index (χ1v) is 8.98. The van der Waals surface area contributed by atoms with Crippen molar-refractivity contribution in [3.8, 4) is 0 Å². The van der Waals surface area contributed by atoms with Gasteiger partial charge in [0.2, 0.25) is 5.91 Å². The smallest absolute Gasteiger partial charge is 0.223 e. The summed E-state index contributed by atoms with van der Waals surface area (Å²) in [5, 5.41) is 0. The van der Waals surface area contributed by atoms with Gasteiger partial charge in [0, 0.05) is 26.1 Å². The maximum Gasteiger partial charge on any atom is 0.223 e. The summed E-state index contributed by atoms with van der Waals surface area (Å²) in [6, 6.07) is 0. The fourth-order valence-electron chi connectivity index (χ4n) is 4.17. The molecule has 0 spiro atoms. The topological polar surface area (TPSA) is 23.6 Å². The number of hydrogen-bond acceptors (Lipinski definition) is 2. The molecule has 2 aliphatic heterocycles. The van der Waals surface area contributed by atoms with Crippen molar-refractivity contribution in [3.63, 3.8) is 0 Å². The molecule has 21 heavy (non-hydrogen) atoms. The lowest BCUT2D eigenvalue weighted by molar-refractivity contribution is -0.130. The third-order valence-corrected chi connectivity index (χ3v) is 5.56. The predicted molar refractivity (Wildman–Crippen MR) is 86.1 cm³/mol. The van der Waals surface area contributed by atoms with Crippen molar-refractivity contribution in [3.05, 3.63) is 12.2 Å². The van der Waals surface area contributed by atoms with Gasteiger partial charge in [0.25, 0.3) is 0 Å². The Hall–Kier alpha value is -0.830. The highest BCUT2D eigenvalue weighted by molar-refractivity contribution is 5.76. The van der Waals surface area contributed by atoms with Crippen LogP contribution in [0.15, 0.2) is 12.2 Å². The van der Waals surface area contributed by atoms with Gasteiger partial charge in [-0.2, -0.15) is 0 Å².